The Morgan fingerprint density at radius 2 is 1.68 bits per heavy atom. The van der Waals surface area contributed by atoms with E-state index in [9.17, 15) is 24.9 Å². The molecule has 2 rings (SSSR count). The van der Waals surface area contributed by atoms with Crippen LogP contribution in [0.1, 0.15) is 27.0 Å². The van der Waals surface area contributed by atoms with Crippen molar-refractivity contribution in [1.29, 1.82) is 0 Å². The number of rotatable bonds is 5. The molecule has 4 N–H and O–H groups in total. The van der Waals surface area contributed by atoms with E-state index in [-0.39, 0.29) is 23.6 Å². The van der Waals surface area contributed by atoms with Gasteiger partial charge in [0.2, 0.25) is 0 Å². The lowest BCUT2D eigenvalue weighted by molar-refractivity contribution is -0.124. The molecule has 0 atom stereocenters. The molecule has 0 spiro atoms. The van der Waals surface area contributed by atoms with Crippen molar-refractivity contribution in [3.63, 3.8) is 0 Å². The van der Waals surface area contributed by atoms with Gasteiger partial charge in [0.15, 0.2) is 6.61 Å². The van der Waals surface area contributed by atoms with Crippen LogP contribution in [0.2, 0.25) is 0 Å². The molecule has 2 aromatic carbocycles. The minimum Gasteiger partial charge on any atom is -0.508 e. The second kappa shape index (κ2) is 7.57. The van der Waals surface area contributed by atoms with E-state index in [0.717, 1.165) is 11.6 Å². The number of aryl methyl sites for hydroxylation is 2. The third-order valence-corrected chi connectivity index (χ3v) is 3.58. The highest BCUT2D eigenvalue weighted by Crippen LogP contribution is 2.23. The van der Waals surface area contributed by atoms with Crippen LogP contribution in [0, 0.1) is 13.8 Å². The van der Waals surface area contributed by atoms with E-state index in [1.807, 2.05) is 0 Å². The van der Waals surface area contributed by atoms with Crippen LogP contribution in [0.25, 0.3) is 0 Å². The lowest BCUT2D eigenvalue weighted by atomic mass is 10.1. The third-order valence-electron chi connectivity index (χ3n) is 3.58. The van der Waals surface area contributed by atoms with Crippen LogP contribution in [0.3, 0.4) is 0 Å². The van der Waals surface area contributed by atoms with E-state index in [0.29, 0.717) is 11.1 Å². The number of carbonyl (C=O) groups excluding carboxylic acids is 2. The Hall–Kier alpha value is -3.22. The molecule has 0 saturated heterocycles. The van der Waals surface area contributed by atoms with E-state index in [1.165, 1.54) is 12.1 Å². The van der Waals surface area contributed by atoms with E-state index in [1.54, 1.807) is 26.0 Å². The first kappa shape index (κ1) is 18.1. The average molecular weight is 345 g/mol. The molecule has 0 aliphatic carbocycles. The predicted molar refractivity (Wildman–Crippen MR) is 89.5 cm³/mol. The van der Waals surface area contributed by atoms with Gasteiger partial charge >= 0.3 is 5.97 Å². The molecular formula is C18H19NO6. The highest BCUT2D eigenvalue weighted by Gasteiger charge is 2.15. The predicted octanol–water partition coefficient (Wildman–Crippen LogP) is 1.89. The Balaban J connectivity index is 1.87. The fourth-order valence-electron chi connectivity index (χ4n) is 2.30. The van der Waals surface area contributed by atoms with Crippen LogP contribution in [-0.2, 0) is 16.1 Å². The molecule has 0 aliphatic heterocycles. The molecule has 7 heteroatoms. The summed E-state index contributed by atoms with van der Waals surface area (Å²) in [6.07, 6.45) is 0. The molecule has 0 radical (unpaired) electrons. The van der Waals surface area contributed by atoms with Gasteiger partial charge in [0.25, 0.3) is 5.91 Å². The zero-order valence-electron chi connectivity index (χ0n) is 13.9. The molecule has 0 heterocycles. The number of phenolic OH excluding ortho intramolecular Hbond substituents is 3. The molecule has 0 aromatic heterocycles. The van der Waals surface area contributed by atoms with Gasteiger partial charge in [0.05, 0.1) is 0 Å². The van der Waals surface area contributed by atoms with Gasteiger partial charge < -0.3 is 25.4 Å². The maximum absolute atomic E-state index is 11.8. The molecular weight excluding hydrogens is 326 g/mol. The molecule has 7 nitrogen and oxygen atoms in total. The number of aromatic hydroxyl groups is 3. The van der Waals surface area contributed by atoms with Crippen molar-refractivity contribution in [2.75, 3.05) is 6.61 Å². The SMILES string of the molecule is Cc1cc(CNC(=O)COC(=O)c2ccc(O)cc2O)cc(C)c1O. The topological polar surface area (TPSA) is 116 Å². The van der Waals surface area contributed by atoms with Gasteiger partial charge in [-0.1, -0.05) is 12.1 Å². The summed E-state index contributed by atoms with van der Waals surface area (Å²) in [5, 5.41) is 31.1. The van der Waals surface area contributed by atoms with Crippen LogP contribution >= 0.6 is 0 Å². The molecule has 2 aromatic rings. The minimum atomic E-state index is -0.871. The minimum absolute atomic E-state index is 0.143. The molecule has 0 unspecified atom stereocenters. The first-order chi connectivity index (χ1) is 11.8. The summed E-state index contributed by atoms with van der Waals surface area (Å²) in [6, 6.07) is 6.94. The zero-order chi connectivity index (χ0) is 18.6. The number of benzene rings is 2. The molecule has 0 saturated carbocycles. The summed E-state index contributed by atoms with van der Waals surface area (Å²) in [7, 11) is 0. The first-order valence-corrected chi connectivity index (χ1v) is 7.53. The maximum atomic E-state index is 11.8. The fraction of sp³-hybridized carbons (Fsp3) is 0.222. The number of hydrogen-bond acceptors (Lipinski definition) is 6. The Kier molecular flexibility index (Phi) is 5.49. The summed E-state index contributed by atoms with van der Waals surface area (Å²) in [5.41, 5.74) is 2.08. The highest BCUT2D eigenvalue weighted by molar-refractivity contribution is 5.94. The summed E-state index contributed by atoms with van der Waals surface area (Å²) in [6.45, 7) is 3.25. The maximum Gasteiger partial charge on any atom is 0.342 e. The Bertz CT molecular complexity index is 792. The molecule has 0 bridgehead atoms. The second-order valence-corrected chi connectivity index (χ2v) is 5.63. The van der Waals surface area contributed by atoms with Gasteiger partial charge in [0.1, 0.15) is 22.8 Å². The van der Waals surface area contributed by atoms with Gasteiger partial charge in [0, 0.05) is 12.6 Å². The van der Waals surface area contributed by atoms with Crippen molar-refractivity contribution >= 4 is 11.9 Å². The number of ether oxygens (including phenoxy) is 1. The normalized spacial score (nSPS) is 10.3. The summed E-state index contributed by atoms with van der Waals surface area (Å²) < 4.78 is 4.83. The first-order valence-electron chi connectivity index (χ1n) is 7.53. The number of nitrogens with one attached hydrogen (secondary N) is 1. The second-order valence-electron chi connectivity index (χ2n) is 5.63. The number of phenols is 3. The van der Waals surface area contributed by atoms with E-state index in [2.05, 4.69) is 5.32 Å². The average Bonchev–Trinajstić information content (AvgIpc) is 2.55. The van der Waals surface area contributed by atoms with Crippen LogP contribution in [0.5, 0.6) is 17.2 Å². The van der Waals surface area contributed by atoms with Gasteiger partial charge in [-0.15, -0.1) is 0 Å². The zero-order valence-corrected chi connectivity index (χ0v) is 13.9. The third kappa shape index (κ3) is 4.63. The van der Waals surface area contributed by atoms with Crippen molar-refractivity contribution in [2.24, 2.45) is 0 Å². The standard InChI is InChI=1S/C18H19NO6/c1-10-5-12(6-11(2)17(10)23)8-19-16(22)9-25-18(24)14-4-3-13(20)7-15(14)21/h3-7,20-21,23H,8-9H2,1-2H3,(H,19,22). The quantitative estimate of drug-likeness (QED) is 0.615. The number of hydrogen-bond donors (Lipinski definition) is 4. The molecule has 1 amide bonds. The van der Waals surface area contributed by atoms with Crippen molar-refractivity contribution < 1.29 is 29.6 Å². The van der Waals surface area contributed by atoms with E-state index < -0.39 is 24.2 Å². The van der Waals surface area contributed by atoms with E-state index in [4.69, 9.17) is 4.74 Å². The Labute approximate surface area is 144 Å². The van der Waals surface area contributed by atoms with Gasteiger partial charge in [-0.25, -0.2) is 4.79 Å². The largest absolute Gasteiger partial charge is 0.508 e. The molecule has 132 valence electrons. The van der Waals surface area contributed by atoms with Gasteiger partial charge in [-0.2, -0.15) is 0 Å². The van der Waals surface area contributed by atoms with Crippen molar-refractivity contribution in [1.82, 2.24) is 5.32 Å². The Morgan fingerprint density at radius 1 is 1.04 bits per heavy atom. The van der Waals surface area contributed by atoms with Crippen LogP contribution in [-0.4, -0.2) is 33.8 Å². The summed E-state index contributed by atoms with van der Waals surface area (Å²) in [4.78, 5) is 23.6. The van der Waals surface area contributed by atoms with Crippen LogP contribution in [0.15, 0.2) is 30.3 Å². The number of amides is 1. The molecule has 25 heavy (non-hydrogen) atoms. The van der Waals surface area contributed by atoms with Crippen LogP contribution < -0.4 is 5.32 Å². The number of esters is 1. The summed E-state index contributed by atoms with van der Waals surface area (Å²) >= 11 is 0. The lowest BCUT2D eigenvalue weighted by Gasteiger charge is -2.10. The van der Waals surface area contributed by atoms with E-state index >= 15 is 0 Å². The van der Waals surface area contributed by atoms with Crippen molar-refractivity contribution in [3.05, 3.63) is 52.6 Å². The number of carbonyl (C=O) groups is 2. The van der Waals surface area contributed by atoms with Crippen molar-refractivity contribution in [2.45, 2.75) is 20.4 Å². The van der Waals surface area contributed by atoms with Crippen LogP contribution in [0.4, 0.5) is 0 Å². The van der Waals surface area contributed by atoms with Crippen molar-refractivity contribution in [3.8, 4) is 17.2 Å². The van der Waals surface area contributed by atoms with Gasteiger partial charge in [-0.3, -0.25) is 4.79 Å². The summed E-state index contributed by atoms with van der Waals surface area (Å²) in [5.74, 6) is -1.77. The Morgan fingerprint density at radius 3 is 2.28 bits per heavy atom. The molecule has 0 fully saturated rings. The smallest absolute Gasteiger partial charge is 0.342 e. The van der Waals surface area contributed by atoms with Gasteiger partial charge in [-0.05, 0) is 42.7 Å². The highest BCUT2D eigenvalue weighted by atomic mass is 16.5. The fourth-order valence-corrected chi connectivity index (χ4v) is 2.30. The molecule has 0 aliphatic rings. The lowest BCUT2D eigenvalue weighted by Crippen LogP contribution is -2.28. The monoisotopic (exact) mass is 345 g/mol.